The lowest BCUT2D eigenvalue weighted by Crippen LogP contribution is -1.77. The van der Waals surface area contributed by atoms with E-state index < -0.39 is 0 Å². The van der Waals surface area contributed by atoms with E-state index in [1.807, 2.05) is 36.4 Å². The van der Waals surface area contributed by atoms with Crippen molar-refractivity contribution in [1.29, 1.82) is 5.26 Å². The second-order valence-electron chi connectivity index (χ2n) is 5.47. The lowest BCUT2D eigenvalue weighted by atomic mass is 10.2. The van der Waals surface area contributed by atoms with Gasteiger partial charge >= 0.3 is 0 Å². The van der Waals surface area contributed by atoms with Crippen molar-refractivity contribution >= 4 is 62.6 Å². The number of furan rings is 1. The molecule has 0 amide bonds. The molecule has 0 aliphatic carbocycles. The van der Waals surface area contributed by atoms with Gasteiger partial charge in [-0.3, -0.25) is 0 Å². The van der Waals surface area contributed by atoms with Crippen LogP contribution in [0.5, 0.6) is 0 Å². The van der Waals surface area contributed by atoms with Crippen LogP contribution in [0.15, 0.2) is 68.3 Å². The highest BCUT2D eigenvalue weighted by atomic mass is 35.5. The second kappa shape index (κ2) is 7.79. The number of thiazole rings is 1. The van der Waals surface area contributed by atoms with Gasteiger partial charge in [-0.05, 0) is 48.2 Å². The van der Waals surface area contributed by atoms with E-state index in [9.17, 15) is 5.26 Å². The molecular weight excluding hydrogens is 419 g/mol. The Bertz CT molecular complexity index is 1170. The zero-order valence-corrected chi connectivity index (χ0v) is 16.8. The van der Waals surface area contributed by atoms with Crippen LogP contribution in [0.4, 0.5) is 0 Å². The third-order valence-electron chi connectivity index (χ3n) is 3.70. The summed E-state index contributed by atoms with van der Waals surface area (Å²) in [5, 5.41) is 10.4. The minimum atomic E-state index is 0.438. The highest BCUT2D eigenvalue weighted by Crippen LogP contribution is 2.37. The molecule has 7 heteroatoms. The van der Waals surface area contributed by atoms with E-state index in [-0.39, 0.29) is 0 Å². The summed E-state index contributed by atoms with van der Waals surface area (Å²) in [4.78, 5) is 5.04. The van der Waals surface area contributed by atoms with Crippen LogP contribution in [0.3, 0.4) is 0 Å². The number of hydrogen-bond acceptors (Lipinski definition) is 5. The number of allylic oxidation sites excluding steroid dienone is 1. The number of rotatable bonds is 4. The molecule has 0 saturated carbocycles. The molecule has 0 N–H and O–H groups in total. The monoisotopic (exact) mass is 428 g/mol. The van der Waals surface area contributed by atoms with Crippen molar-refractivity contribution in [2.45, 2.75) is 4.34 Å². The van der Waals surface area contributed by atoms with E-state index in [1.54, 1.807) is 35.6 Å². The number of para-hydroxylation sites is 1. The fourth-order valence-electron chi connectivity index (χ4n) is 2.47. The summed E-state index contributed by atoms with van der Waals surface area (Å²) in [6.07, 6.45) is 1.69. The molecule has 2 aromatic heterocycles. The van der Waals surface area contributed by atoms with E-state index in [1.165, 1.54) is 11.8 Å². The molecule has 4 aromatic rings. The predicted molar refractivity (Wildman–Crippen MR) is 113 cm³/mol. The molecule has 27 heavy (non-hydrogen) atoms. The van der Waals surface area contributed by atoms with E-state index in [4.69, 9.17) is 27.6 Å². The average Bonchev–Trinajstić information content (AvgIpc) is 3.29. The number of benzene rings is 2. The quantitative estimate of drug-likeness (QED) is 0.249. The zero-order valence-electron chi connectivity index (χ0n) is 13.6. The smallest absolute Gasteiger partial charge is 0.156 e. The van der Waals surface area contributed by atoms with Crippen molar-refractivity contribution in [3.8, 4) is 17.4 Å². The summed E-state index contributed by atoms with van der Waals surface area (Å²) in [6.45, 7) is 0. The fourth-order valence-corrected chi connectivity index (χ4v) is 4.82. The summed E-state index contributed by atoms with van der Waals surface area (Å²) < 4.78 is 7.74. The van der Waals surface area contributed by atoms with Crippen molar-refractivity contribution < 1.29 is 4.42 Å². The summed E-state index contributed by atoms with van der Waals surface area (Å²) in [7, 11) is 0. The summed E-state index contributed by atoms with van der Waals surface area (Å²) in [5.74, 6) is 1.15. The van der Waals surface area contributed by atoms with Gasteiger partial charge in [0.1, 0.15) is 17.6 Å². The maximum Gasteiger partial charge on any atom is 0.156 e. The number of nitriles is 1. The average molecular weight is 429 g/mol. The number of aromatic nitrogens is 1. The first-order valence-corrected chi connectivity index (χ1v) is 10.2. The number of fused-ring (bicyclic) bond motifs is 1. The molecular formula is C20H10Cl2N2OS2. The first kappa shape index (κ1) is 18.1. The molecule has 4 rings (SSSR count). The van der Waals surface area contributed by atoms with Crippen LogP contribution in [0.1, 0.15) is 5.76 Å². The van der Waals surface area contributed by atoms with Gasteiger partial charge in [-0.2, -0.15) is 5.26 Å². The van der Waals surface area contributed by atoms with E-state index in [0.717, 1.165) is 14.6 Å². The molecule has 0 aliphatic heterocycles. The molecule has 0 saturated heterocycles. The van der Waals surface area contributed by atoms with Crippen LogP contribution in [0.25, 0.3) is 27.6 Å². The van der Waals surface area contributed by atoms with Crippen molar-refractivity contribution in [3.63, 3.8) is 0 Å². The Morgan fingerprint density at radius 3 is 2.78 bits per heavy atom. The number of halogens is 2. The van der Waals surface area contributed by atoms with Gasteiger partial charge in [0.2, 0.25) is 0 Å². The Labute approximate surface area is 173 Å². The standard InChI is InChI=1S/C20H10Cl2N2OS2/c21-15-5-3-4-14(19(15)22)17-9-8-12(25-17)10-13(11-23)26-20-24-16-6-1-2-7-18(16)27-20/h1-10H/b13-10+. The third kappa shape index (κ3) is 3.90. The SMILES string of the molecule is N#C/C(=C\c1ccc(-c2cccc(Cl)c2Cl)o1)Sc1nc2ccccc2s1. The van der Waals surface area contributed by atoms with Gasteiger partial charge < -0.3 is 4.42 Å². The second-order valence-corrected chi connectivity index (χ2v) is 8.58. The predicted octanol–water partition coefficient (Wildman–Crippen LogP) is 7.52. The molecule has 2 heterocycles. The Balaban J connectivity index is 1.61. The summed E-state index contributed by atoms with van der Waals surface area (Å²) >= 11 is 15.2. The van der Waals surface area contributed by atoms with Gasteiger partial charge in [0.25, 0.3) is 0 Å². The van der Waals surface area contributed by atoms with Crippen LogP contribution < -0.4 is 0 Å². The van der Waals surface area contributed by atoms with E-state index in [2.05, 4.69) is 11.1 Å². The maximum absolute atomic E-state index is 9.49. The number of nitrogens with zero attached hydrogens (tertiary/aromatic N) is 2. The zero-order chi connectivity index (χ0) is 18.8. The Morgan fingerprint density at radius 2 is 1.96 bits per heavy atom. The van der Waals surface area contributed by atoms with Crippen LogP contribution in [0, 0.1) is 11.3 Å². The Morgan fingerprint density at radius 1 is 1.11 bits per heavy atom. The normalized spacial score (nSPS) is 11.7. The highest BCUT2D eigenvalue weighted by molar-refractivity contribution is 8.05. The van der Waals surface area contributed by atoms with Crippen LogP contribution >= 0.6 is 46.3 Å². The van der Waals surface area contributed by atoms with E-state index in [0.29, 0.717) is 32.0 Å². The molecule has 0 fully saturated rings. The van der Waals surface area contributed by atoms with Gasteiger partial charge in [-0.1, -0.05) is 41.4 Å². The molecule has 132 valence electrons. The van der Waals surface area contributed by atoms with Crippen LogP contribution in [0.2, 0.25) is 10.0 Å². The molecule has 3 nitrogen and oxygen atoms in total. The van der Waals surface area contributed by atoms with Gasteiger partial charge in [0.05, 0.1) is 25.2 Å². The van der Waals surface area contributed by atoms with Crippen molar-refractivity contribution in [3.05, 3.63) is 75.3 Å². The molecule has 2 aromatic carbocycles. The van der Waals surface area contributed by atoms with Gasteiger partial charge in [0.15, 0.2) is 4.34 Å². The van der Waals surface area contributed by atoms with Gasteiger partial charge in [-0.25, -0.2) is 4.98 Å². The summed E-state index contributed by atoms with van der Waals surface area (Å²) in [5.41, 5.74) is 1.64. The molecule has 0 bridgehead atoms. The largest absolute Gasteiger partial charge is 0.457 e. The first-order valence-electron chi connectivity index (χ1n) is 7.83. The topological polar surface area (TPSA) is 49.8 Å². The third-order valence-corrected chi connectivity index (χ3v) is 6.54. The minimum Gasteiger partial charge on any atom is -0.457 e. The van der Waals surface area contributed by atoms with Gasteiger partial charge in [0, 0.05) is 11.6 Å². The van der Waals surface area contributed by atoms with Crippen molar-refractivity contribution in [2.75, 3.05) is 0 Å². The highest BCUT2D eigenvalue weighted by Gasteiger charge is 2.12. The van der Waals surface area contributed by atoms with Crippen LogP contribution in [-0.4, -0.2) is 4.98 Å². The number of thioether (sulfide) groups is 1. The molecule has 0 spiro atoms. The minimum absolute atomic E-state index is 0.438. The van der Waals surface area contributed by atoms with Gasteiger partial charge in [-0.15, -0.1) is 11.3 Å². The summed E-state index contributed by atoms with van der Waals surface area (Å²) in [6, 6.07) is 19.1. The molecule has 0 radical (unpaired) electrons. The van der Waals surface area contributed by atoms with Crippen molar-refractivity contribution in [2.24, 2.45) is 0 Å². The maximum atomic E-state index is 9.49. The Hall–Kier alpha value is -2.23. The number of hydrogen-bond donors (Lipinski definition) is 0. The van der Waals surface area contributed by atoms with Crippen LogP contribution in [-0.2, 0) is 0 Å². The lowest BCUT2D eigenvalue weighted by Gasteiger charge is -2.02. The fraction of sp³-hybridized carbons (Fsp3) is 0. The van der Waals surface area contributed by atoms with Crippen molar-refractivity contribution in [1.82, 2.24) is 4.98 Å². The molecule has 0 aliphatic rings. The first-order chi connectivity index (χ1) is 13.1. The molecule has 0 unspecified atom stereocenters. The molecule has 0 atom stereocenters. The van der Waals surface area contributed by atoms with E-state index >= 15 is 0 Å². The Kier molecular flexibility index (Phi) is 5.24. The lowest BCUT2D eigenvalue weighted by molar-refractivity contribution is 0.572.